The number of rotatable bonds is 2. The summed E-state index contributed by atoms with van der Waals surface area (Å²) in [5.74, 6) is 1.21. The molecule has 0 radical (unpaired) electrons. The molecule has 0 aromatic carbocycles. The molecule has 0 aromatic rings. The molecule has 0 aliphatic carbocycles. The van der Waals surface area contributed by atoms with E-state index in [0.717, 1.165) is 13.0 Å². The van der Waals surface area contributed by atoms with Crippen molar-refractivity contribution in [3.05, 3.63) is 0 Å². The van der Waals surface area contributed by atoms with Crippen molar-refractivity contribution in [2.45, 2.75) is 32.2 Å². The lowest BCUT2D eigenvalue weighted by molar-refractivity contribution is 0.337. The first kappa shape index (κ1) is 10.8. The van der Waals surface area contributed by atoms with Gasteiger partial charge in [0.15, 0.2) is 0 Å². The van der Waals surface area contributed by atoms with Crippen LogP contribution < -0.4 is 5.32 Å². The van der Waals surface area contributed by atoms with Crippen molar-refractivity contribution in [2.75, 3.05) is 12.4 Å². The van der Waals surface area contributed by atoms with Crippen molar-refractivity contribution in [1.29, 1.82) is 5.26 Å². The molecule has 2 nitrogen and oxygen atoms in total. The van der Waals surface area contributed by atoms with Gasteiger partial charge in [0.1, 0.15) is 0 Å². The highest BCUT2D eigenvalue weighted by molar-refractivity contribution is 6.18. The van der Waals surface area contributed by atoms with Gasteiger partial charge in [0.2, 0.25) is 0 Å². The van der Waals surface area contributed by atoms with Crippen molar-refractivity contribution in [1.82, 2.24) is 5.32 Å². The van der Waals surface area contributed by atoms with Crippen molar-refractivity contribution >= 4 is 11.6 Å². The van der Waals surface area contributed by atoms with Gasteiger partial charge in [-0.25, -0.2) is 0 Å². The first-order valence-corrected chi connectivity index (χ1v) is 5.52. The van der Waals surface area contributed by atoms with Crippen LogP contribution in [-0.2, 0) is 0 Å². The van der Waals surface area contributed by atoms with E-state index < -0.39 is 0 Å². The highest BCUT2D eigenvalue weighted by Crippen LogP contribution is 2.22. The molecule has 0 amide bonds. The molecule has 3 heteroatoms. The zero-order chi connectivity index (χ0) is 9.68. The van der Waals surface area contributed by atoms with E-state index in [1.54, 1.807) is 0 Å². The third-order valence-electron chi connectivity index (χ3n) is 2.83. The Kier molecular flexibility index (Phi) is 4.55. The minimum Gasteiger partial charge on any atom is -0.312 e. The van der Waals surface area contributed by atoms with Crippen LogP contribution in [0.15, 0.2) is 0 Å². The molecule has 74 valence electrons. The Morgan fingerprint density at radius 1 is 1.62 bits per heavy atom. The van der Waals surface area contributed by atoms with Crippen molar-refractivity contribution < 1.29 is 0 Å². The summed E-state index contributed by atoms with van der Waals surface area (Å²) >= 11 is 5.90. The zero-order valence-corrected chi connectivity index (χ0v) is 8.85. The van der Waals surface area contributed by atoms with Gasteiger partial charge in [0.05, 0.1) is 12.0 Å². The van der Waals surface area contributed by atoms with Gasteiger partial charge in [0.25, 0.3) is 0 Å². The maximum absolute atomic E-state index is 8.86. The summed E-state index contributed by atoms with van der Waals surface area (Å²) in [5.41, 5.74) is 0. The zero-order valence-electron chi connectivity index (χ0n) is 8.09. The average molecular weight is 201 g/mol. The number of hydrogen-bond donors (Lipinski definition) is 1. The lowest BCUT2D eigenvalue weighted by Crippen LogP contribution is -2.40. The van der Waals surface area contributed by atoms with E-state index in [0.29, 0.717) is 17.8 Å². The van der Waals surface area contributed by atoms with Crippen molar-refractivity contribution in [3.8, 4) is 6.07 Å². The highest BCUT2D eigenvalue weighted by Gasteiger charge is 2.27. The number of hydrogen-bond acceptors (Lipinski definition) is 2. The first-order valence-electron chi connectivity index (χ1n) is 4.98. The van der Waals surface area contributed by atoms with Crippen LogP contribution in [0.2, 0.25) is 0 Å². The fraction of sp³-hybridized carbons (Fsp3) is 0.900. The van der Waals surface area contributed by atoms with Gasteiger partial charge in [-0.15, -0.1) is 11.6 Å². The van der Waals surface area contributed by atoms with Crippen LogP contribution in [0.4, 0.5) is 0 Å². The molecule has 0 spiro atoms. The summed E-state index contributed by atoms with van der Waals surface area (Å²) < 4.78 is 0. The van der Waals surface area contributed by atoms with Crippen LogP contribution >= 0.6 is 11.6 Å². The van der Waals surface area contributed by atoms with Crippen LogP contribution in [0.5, 0.6) is 0 Å². The topological polar surface area (TPSA) is 35.8 Å². The summed E-state index contributed by atoms with van der Waals surface area (Å²) in [4.78, 5) is 0. The number of nitrogens with one attached hydrogen (secondary N) is 1. The monoisotopic (exact) mass is 200 g/mol. The van der Waals surface area contributed by atoms with E-state index in [-0.39, 0.29) is 5.92 Å². The smallest absolute Gasteiger partial charge is 0.0669 e. The van der Waals surface area contributed by atoms with Gasteiger partial charge in [-0.05, 0) is 32.2 Å². The van der Waals surface area contributed by atoms with Gasteiger partial charge in [-0.3, -0.25) is 0 Å². The normalized spacial score (nSPS) is 31.8. The standard InChI is InChI=1S/C10H17ClN2/c1-8(7-12)10-9(6-11)4-2-3-5-13-10/h8-10,13H,2-6H2,1H3. The Balaban J connectivity index is 2.60. The fourth-order valence-corrected chi connectivity index (χ4v) is 2.33. The van der Waals surface area contributed by atoms with E-state index in [4.69, 9.17) is 16.9 Å². The summed E-state index contributed by atoms with van der Waals surface area (Å²) in [7, 11) is 0. The molecule has 3 unspecified atom stereocenters. The lowest BCUT2D eigenvalue weighted by atomic mass is 9.89. The molecule has 1 N–H and O–H groups in total. The Hall–Kier alpha value is -0.260. The number of alkyl halides is 1. The minimum atomic E-state index is 0.0712. The van der Waals surface area contributed by atoms with E-state index in [9.17, 15) is 0 Å². The molecule has 3 atom stereocenters. The maximum atomic E-state index is 8.86. The lowest BCUT2D eigenvalue weighted by Gasteiger charge is -2.25. The molecule has 0 saturated carbocycles. The molecule has 1 fully saturated rings. The molecule has 1 aliphatic rings. The fourth-order valence-electron chi connectivity index (χ4n) is 1.98. The maximum Gasteiger partial charge on any atom is 0.0669 e. The molecular formula is C10H17ClN2. The van der Waals surface area contributed by atoms with Crippen LogP contribution in [0.25, 0.3) is 0 Å². The molecule has 1 rings (SSSR count). The number of nitrogens with zero attached hydrogens (tertiary/aromatic N) is 1. The third-order valence-corrected chi connectivity index (χ3v) is 3.23. The van der Waals surface area contributed by atoms with Crippen molar-refractivity contribution in [3.63, 3.8) is 0 Å². The quantitative estimate of drug-likeness (QED) is 0.694. The minimum absolute atomic E-state index is 0.0712. The SMILES string of the molecule is CC(C#N)C1NCCCCC1CCl. The molecule has 0 aromatic heterocycles. The number of halogens is 1. The predicted octanol–water partition coefficient (Wildman–Crippen LogP) is 2.14. The van der Waals surface area contributed by atoms with Crippen LogP contribution in [0, 0.1) is 23.2 Å². The summed E-state index contributed by atoms with van der Waals surface area (Å²) in [6, 6.07) is 2.60. The van der Waals surface area contributed by atoms with Gasteiger partial charge >= 0.3 is 0 Å². The van der Waals surface area contributed by atoms with E-state index in [2.05, 4.69) is 11.4 Å². The van der Waals surface area contributed by atoms with Crippen LogP contribution in [-0.4, -0.2) is 18.5 Å². The predicted molar refractivity (Wildman–Crippen MR) is 54.6 cm³/mol. The summed E-state index contributed by atoms with van der Waals surface area (Å²) in [5, 5.41) is 12.3. The van der Waals surface area contributed by atoms with Gasteiger partial charge in [-0.1, -0.05) is 6.42 Å². The van der Waals surface area contributed by atoms with Gasteiger partial charge < -0.3 is 5.32 Å². The first-order chi connectivity index (χ1) is 6.29. The summed E-state index contributed by atoms with van der Waals surface area (Å²) in [6.45, 7) is 3.01. The second kappa shape index (κ2) is 5.47. The molecule has 1 saturated heterocycles. The second-order valence-corrected chi connectivity index (χ2v) is 4.12. The van der Waals surface area contributed by atoms with Gasteiger partial charge in [0, 0.05) is 11.9 Å². The van der Waals surface area contributed by atoms with E-state index >= 15 is 0 Å². The molecule has 13 heavy (non-hydrogen) atoms. The molecule has 1 aliphatic heterocycles. The van der Waals surface area contributed by atoms with Crippen molar-refractivity contribution in [2.24, 2.45) is 11.8 Å². The molecule has 1 heterocycles. The number of nitriles is 1. The molecular weight excluding hydrogens is 184 g/mol. The van der Waals surface area contributed by atoms with Crippen LogP contribution in [0.3, 0.4) is 0 Å². The van der Waals surface area contributed by atoms with Gasteiger partial charge in [-0.2, -0.15) is 5.26 Å². The summed E-state index contributed by atoms with van der Waals surface area (Å²) in [6.07, 6.45) is 3.61. The third kappa shape index (κ3) is 2.86. The highest BCUT2D eigenvalue weighted by atomic mass is 35.5. The van der Waals surface area contributed by atoms with E-state index in [1.165, 1.54) is 12.8 Å². The Morgan fingerprint density at radius 2 is 2.38 bits per heavy atom. The Labute approximate surface area is 85.3 Å². The van der Waals surface area contributed by atoms with Crippen LogP contribution in [0.1, 0.15) is 26.2 Å². The largest absolute Gasteiger partial charge is 0.312 e. The Morgan fingerprint density at radius 3 is 3.00 bits per heavy atom. The van der Waals surface area contributed by atoms with E-state index in [1.807, 2.05) is 6.92 Å². The Bertz CT molecular complexity index is 188. The molecule has 0 bridgehead atoms. The second-order valence-electron chi connectivity index (χ2n) is 3.81. The average Bonchev–Trinajstić information content (AvgIpc) is 2.41.